The van der Waals surface area contributed by atoms with Gasteiger partial charge < -0.3 is 4.18 Å². The third-order valence-corrected chi connectivity index (χ3v) is 11.4. The number of aromatic nitrogens is 1. The maximum Gasteiger partial charge on any atom is 0.278 e. The van der Waals surface area contributed by atoms with Gasteiger partial charge in [-0.3, -0.25) is 9.11 Å². The topological polar surface area (TPSA) is 33.4 Å². The molecule has 1 atom stereocenters. The largest absolute Gasteiger partial charge is 0.314 e. The van der Waals surface area contributed by atoms with Gasteiger partial charge in [0.15, 0.2) is 0 Å². The van der Waals surface area contributed by atoms with Crippen LogP contribution in [0.15, 0.2) is 90.4 Å². The van der Waals surface area contributed by atoms with Gasteiger partial charge in [0, 0.05) is 73.8 Å². The van der Waals surface area contributed by atoms with E-state index in [2.05, 4.69) is 77.3 Å². The first-order valence-corrected chi connectivity index (χ1v) is 18.5. The van der Waals surface area contributed by atoms with Crippen molar-refractivity contribution in [1.82, 2.24) is 0 Å². The van der Waals surface area contributed by atoms with Crippen LogP contribution in [0.4, 0.5) is 5.69 Å². The Morgan fingerprint density at radius 3 is 2.69 bits per heavy atom. The lowest BCUT2D eigenvalue weighted by Crippen LogP contribution is -2.29. The lowest BCUT2D eigenvalue weighted by Gasteiger charge is -2.20. The zero-order valence-electron chi connectivity index (χ0n) is 24.1. The summed E-state index contributed by atoms with van der Waals surface area (Å²) in [5, 5.41) is 2.16. The molecule has 0 spiro atoms. The molecule has 2 aromatic carbocycles. The summed E-state index contributed by atoms with van der Waals surface area (Å²) in [6.45, 7) is 3.72. The van der Waals surface area contributed by atoms with E-state index in [0.717, 1.165) is 55.2 Å². The maximum atomic E-state index is 12.1. The van der Waals surface area contributed by atoms with Crippen LogP contribution >= 0.6 is 46.9 Å². The number of thiazole rings is 1. The van der Waals surface area contributed by atoms with Crippen molar-refractivity contribution in [3.05, 3.63) is 80.7 Å². The Hall–Kier alpha value is -2.63. The van der Waals surface area contributed by atoms with Gasteiger partial charge in [-0.25, -0.2) is 0 Å². The molecular weight excluding hydrogens is 617 g/mol. The van der Waals surface area contributed by atoms with Gasteiger partial charge in [0.2, 0.25) is 11.6 Å². The van der Waals surface area contributed by atoms with E-state index in [0.29, 0.717) is 0 Å². The van der Waals surface area contributed by atoms with Gasteiger partial charge in [0.05, 0.1) is 17.8 Å². The molecule has 0 saturated carbocycles. The molecule has 0 N–H and O–H groups in total. The molecule has 5 rings (SSSR count). The Morgan fingerprint density at radius 2 is 1.95 bits per heavy atom. The van der Waals surface area contributed by atoms with Crippen molar-refractivity contribution in [2.45, 2.75) is 47.8 Å². The molecule has 214 valence electrons. The normalized spacial score (nSPS) is 17.5. The highest BCUT2D eigenvalue weighted by Crippen LogP contribution is 2.47. The Kier molecular flexibility index (Phi) is 10.4. The van der Waals surface area contributed by atoms with Crippen LogP contribution in [-0.4, -0.2) is 23.8 Å². The van der Waals surface area contributed by atoms with E-state index in [1.54, 1.807) is 36.5 Å². The first-order valence-electron chi connectivity index (χ1n) is 13.3. The summed E-state index contributed by atoms with van der Waals surface area (Å²) in [5.41, 5.74) is 4.79. The number of nitrogens with zero attached hydrogens (tertiary/aromatic N) is 2. The van der Waals surface area contributed by atoms with Crippen LogP contribution in [0.2, 0.25) is 0 Å². The number of allylic oxidation sites excluding steroid dienone is 5. The Bertz CT molecular complexity index is 1810. The summed E-state index contributed by atoms with van der Waals surface area (Å²) in [6, 6.07) is 18.9. The third-order valence-electron chi connectivity index (χ3n) is 6.70. The van der Waals surface area contributed by atoms with E-state index in [4.69, 9.17) is 4.18 Å². The Morgan fingerprint density at radius 1 is 1.10 bits per heavy atom. The number of hydrogen-bond donors (Lipinski definition) is 0. The van der Waals surface area contributed by atoms with Crippen LogP contribution in [0.25, 0.3) is 16.3 Å². The Labute approximate surface area is 268 Å². The molecule has 0 saturated heterocycles. The number of thioether (sulfide) groups is 2. The fourth-order valence-electron chi connectivity index (χ4n) is 4.90. The number of fused-ring (bicyclic) bond motifs is 2. The summed E-state index contributed by atoms with van der Waals surface area (Å²) < 4.78 is 20.6. The van der Waals surface area contributed by atoms with Gasteiger partial charge in [-0.05, 0) is 85.9 Å². The zero-order chi connectivity index (χ0) is 29.6. The standard InChI is InChI=1S/C33H31N2O2S5/c1-6-19-34-27-21-25(41-37-3)13-15-29(27)39-31(34)17-11-23-9-8-10-24(33(23)38-4)12-18-32-35(20-7-2)28-22-26(42(5)36)14-16-30(28)40-32/h11-18,21-22H,8-10H2,1-5H3/q+1. The number of hydrogen-bond acceptors (Lipinski definition) is 7. The van der Waals surface area contributed by atoms with Crippen LogP contribution in [-0.2, 0) is 15.0 Å². The minimum atomic E-state index is -1.04. The second-order valence-electron chi connectivity index (χ2n) is 9.34. The van der Waals surface area contributed by atoms with E-state index in [-0.39, 0.29) is 0 Å². The van der Waals surface area contributed by atoms with Crippen molar-refractivity contribution >= 4 is 79.7 Å². The number of benzene rings is 2. The summed E-state index contributed by atoms with van der Waals surface area (Å²) in [5.74, 6) is 6.12. The van der Waals surface area contributed by atoms with Gasteiger partial charge >= 0.3 is 0 Å². The van der Waals surface area contributed by atoms with E-state index in [1.165, 1.54) is 32.8 Å². The highest BCUT2D eigenvalue weighted by molar-refractivity contribution is 8.03. The minimum Gasteiger partial charge on any atom is -0.314 e. The quantitative estimate of drug-likeness (QED) is 0.145. The molecule has 0 amide bonds. The molecule has 1 unspecified atom stereocenters. The van der Waals surface area contributed by atoms with E-state index >= 15 is 0 Å². The monoisotopic (exact) mass is 647 g/mol. The van der Waals surface area contributed by atoms with E-state index < -0.39 is 10.8 Å². The number of anilines is 1. The summed E-state index contributed by atoms with van der Waals surface area (Å²) in [4.78, 5) is 6.35. The van der Waals surface area contributed by atoms with E-state index in [9.17, 15) is 4.21 Å². The van der Waals surface area contributed by atoms with E-state index in [1.807, 2.05) is 48.7 Å². The van der Waals surface area contributed by atoms with Gasteiger partial charge in [0.1, 0.15) is 4.70 Å². The SMILES string of the molecule is CC#CN1/C(=C/C=C2\CCCC(/C=C/c3sc4ccc(SOC)cc4[n+]3C#CC)=C2SC)Sc2ccc(S(C)=O)cc21. The van der Waals surface area contributed by atoms with Crippen molar-refractivity contribution in [2.75, 3.05) is 24.5 Å². The van der Waals surface area contributed by atoms with Crippen molar-refractivity contribution in [3.8, 4) is 23.9 Å². The predicted octanol–water partition coefficient (Wildman–Crippen LogP) is 8.58. The van der Waals surface area contributed by atoms with Gasteiger partial charge in [-0.15, -0.1) is 11.8 Å². The number of rotatable bonds is 7. The second kappa shape index (κ2) is 14.2. The fraction of sp³-hybridized carbons (Fsp3) is 0.242. The van der Waals surface area contributed by atoms with Crippen LogP contribution < -0.4 is 9.47 Å². The molecule has 1 aromatic heterocycles. The highest BCUT2D eigenvalue weighted by atomic mass is 32.2. The summed E-state index contributed by atoms with van der Waals surface area (Å²) in [7, 11) is 0.644. The highest BCUT2D eigenvalue weighted by Gasteiger charge is 2.25. The smallest absolute Gasteiger partial charge is 0.278 e. The van der Waals surface area contributed by atoms with Crippen LogP contribution in [0.3, 0.4) is 0 Å². The van der Waals surface area contributed by atoms with Gasteiger partial charge in [-0.1, -0.05) is 45.7 Å². The lowest BCUT2D eigenvalue weighted by atomic mass is 9.94. The second-order valence-corrected chi connectivity index (χ2v) is 14.6. The first kappa shape index (κ1) is 30.8. The molecule has 0 fully saturated rings. The van der Waals surface area contributed by atoms with Crippen LogP contribution in [0.1, 0.15) is 38.1 Å². The molecule has 42 heavy (non-hydrogen) atoms. The van der Waals surface area contributed by atoms with Gasteiger partial charge in [0.25, 0.3) is 5.01 Å². The maximum absolute atomic E-state index is 12.1. The average Bonchev–Trinajstić information content (AvgIpc) is 3.52. The summed E-state index contributed by atoms with van der Waals surface area (Å²) >= 11 is 6.62. The van der Waals surface area contributed by atoms with Crippen LogP contribution in [0, 0.1) is 23.9 Å². The summed E-state index contributed by atoms with van der Waals surface area (Å²) in [6.07, 6.45) is 16.0. The molecule has 1 aliphatic heterocycles. The lowest BCUT2D eigenvalue weighted by molar-refractivity contribution is -0.551. The predicted molar refractivity (Wildman–Crippen MR) is 184 cm³/mol. The molecule has 4 nitrogen and oxygen atoms in total. The molecule has 2 aliphatic rings. The average molecular weight is 648 g/mol. The molecule has 0 radical (unpaired) electrons. The molecule has 0 bridgehead atoms. The Balaban J connectivity index is 1.48. The van der Waals surface area contributed by atoms with Crippen molar-refractivity contribution in [1.29, 1.82) is 0 Å². The molecular formula is C33H31N2O2S5+. The van der Waals surface area contributed by atoms with Crippen molar-refractivity contribution in [2.24, 2.45) is 0 Å². The molecule has 3 aromatic rings. The van der Waals surface area contributed by atoms with Crippen LogP contribution in [0.5, 0.6) is 0 Å². The first-order chi connectivity index (χ1) is 20.5. The fourth-order valence-corrected chi connectivity index (χ4v) is 8.75. The molecule has 1 aliphatic carbocycles. The van der Waals surface area contributed by atoms with Gasteiger partial charge in [-0.2, -0.15) is 0 Å². The third kappa shape index (κ3) is 6.63. The van der Waals surface area contributed by atoms with Crippen molar-refractivity contribution in [3.63, 3.8) is 0 Å². The zero-order valence-corrected chi connectivity index (χ0v) is 28.2. The molecule has 9 heteroatoms. The molecule has 2 heterocycles. The minimum absolute atomic E-state index is 0.812. The van der Waals surface area contributed by atoms with Crippen molar-refractivity contribution < 1.29 is 13.0 Å².